The lowest BCUT2D eigenvalue weighted by Gasteiger charge is -2.16. The van der Waals surface area contributed by atoms with Crippen LogP contribution in [-0.4, -0.2) is 59.1 Å². The number of anilines is 2. The third-order valence-corrected chi connectivity index (χ3v) is 2.41. The van der Waals surface area contributed by atoms with Crippen molar-refractivity contribution in [3.05, 3.63) is 0 Å². The number of ether oxygens (including phenoxy) is 2. The summed E-state index contributed by atoms with van der Waals surface area (Å²) in [6.45, 7) is 6.87. The van der Waals surface area contributed by atoms with Crippen LogP contribution in [0.25, 0.3) is 0 Å². The fraction of sp³-hybridized carbons (Fsp3) is 0.769. The van der Waals surface area contributed by atoms with Crippen LogP contribution in [0.5, 0.6) is 6.01 Å². The van der Waals surface area contributed by atoms with Gasteiger partial charge >= 0.3 is 6.01 Å². The van der Waals surface area contributed by atoms with E-state index in [1.165, 1.54) is 0 Å². The molecule has 0 aliphatic rings. The zero-order chi connectivity index (χ0) is 15.7. The lowest BCUT2D eigenvalue weighted by molar-refractivity contribution is 0.152. The molecule has 0 fully saturated rings. The Morgan fingerprint density at radius 1 is 1.19 bits per heavy atom. The Labute approximate surface area is 125 Å². The molecule has 0 saturated carbocycles. The summed E-state index contributed by atoms with van der Waals surface area (Å²) >= 11 is 0. The van der Waals surface area contributed by atoms with Gasteiger partial charge in [-0.2, -0.15) is 15.0 Å². The van der Waals surface area contributed by atoms with Crippen LogP contribution in [0.2, 0.25) is 0 Å². The molecule has 1 rings (SSSR count). The lowest BCUT2D eigenvalue weighted by Crippen LogP contribution is -2.30. The average Bonchev–Trinajstić information content (AvgIpc) is 2.43. The lowest BCUT2D eigenvalue weighted by atomic mass is 10.3. The van der Waals surface area contributed by atoms with Crippen molar-refractivity contribution < 1.29 is 14.6 Å². The van der Waals surface area contributed by atoms with Gasteiger partial charge in [0.05, 0.1) is 25.4 Å². The van der Waals surface area contributed by atoms with E-state index in [1.54, 1.807) is 7.11 Å². The van der Waals surface area contributed by atoms with Gasteiger partial charge in [0.1, 0.15) is 0 Å². The summed E-state index contributed by atoms with van der Waals surface area (Å²) in [5.41, 5.74) is 0. The second-order valence-corrected chi connectivity index (χ2v) is 4.84. The molecule has 1 heterocycles. The molecule has 1 aromatic heterocycles. The Morgan fingerprint density at radius 3 is 2.48 bits per heavy atom. The van der Waals surface area contributed by atoms with Gasteiger partial charge in [-0.3, -0.25) is 0 Å². The van der Waals surface area contributed by atoms with Gasteiger partial charge in [0, 0.05) is 13.7 Å². The number of aromatic nitrogens is 3. The van der Waals surface area contributed by atoms with E-state index in [9.17, 15) is 5.11 Å². The van der Waals surface area contributed by atoms with E-state index in [4.69, 9.17) is 9.47 Å². The fourth-order valence-corrected chi connectivity index (χ4v) is 1.52. The van der Waals surface area contributed by atoms with Crippen molar-refractivity contribution in [1.82, 2.24) is 15.0 Å². The summed E-state index contributed by atoms with van der Waals surface area (Å²) in [4.78, 5) is 12.6. The van der Waals surface area contributed by atoms with Crippen molar-refractivity contribution in [2.45, 2.75) is 39.3 Å². The maximum absolute atomic E-state index is 9.28. The van der Waals surface area contributed by atoms with Crippen LogP contribution in [0.15, 0.2) is 0 Å². The zero-order valence-electron chi connectivity index (χ0n) is 13.1. The van der Waals surface area contributed by atoms with E-state index < -0.39 is 0 Å². The van der Waals surface area contributed by atoms with Gasteiger partial charge in [-0.25, -0.2) is 0 Å². The Kier molecular flexibility index (Phi) is 7.70. The van der Waals surface area contributed by atoms with Gasteiger partial charge in [-0.15, -0.1) is 0 Å². The highest BCUT2D eigenvalue weighted by Gasteiger charge is 2.13. The first-order valence-electron chi connectivity index (χ1n) is 7.12. The molecule has 0 bridgehead atoms. The SMILES string of the molecule is CCCNc1nc(NC(CO)COC)nc(OC(C)C)n1. The van der Waals surface area contributed by atoms with Crippen LogP contribution < -0.4 is 15.4 Å². The van der Waals surface area contributed by atoms with Crippen molar-refractivity contribution in [1.29, 1.82) is 0 Å². The Balaban J connectivity index is 2.88. The van der Waals surface area contributed by atoms with Crippen LogP contribution in [0.3, 0.4) is 0 Å². The van der Waals surface area contributed by atoms with Crippen molar-refractivity contribution in [2.75, 3.05) is 37.5 Å². The number of methoxy groups -OCH3 is 1. The van der Waals surface area contributed by atoms with Crippen molar-refractivity contribution in [2.24, 2.45) is 0 Å². The van der Waals surface area contributed by atoms with Gasteiger partial charge in [0.25, 0.3) is 0 Å². The quantitative estimate of drug-likeness (QED) is 0.586. The molecule has 0 aromatic carbocycles. The molecule has 1 atom stereocenters. The van der Waals surface area contributed by atoms with Crippen molar-refractivity contribution >= 4 is 11.9 Å². The number of rotatable bonds is 10. The van der Waals surface area contributed by atoms with Crippen LogP contribution in [0.4, 0.5) is 11.9 Å². The van der Waals surface area contributed by atoms with Crippen LogP contribution in [0.1, 0.15) is 27.2 Å². The minimum absolute atomic E-state index is 0.0353. The average molecular weight is 299 g/mol. The Hall–Kier alpha value is -1.67. The predicted octanol–water partition coefficient (Wildman–Crippen LogP) is 0.900. The first-order valence-corrected chi connectivity index (χ1v) is 7.12. The molecule has 0 spiro atoms. The maximum atomic E-state index is 9.28. The molecule has 0 saturated heterocycles. The van der Waals surface area contributed by atoms with E-state index in [-0.39, 0.29) is 24.8 Å². The van der Waals surface area contributed by atoms with E-state index >= 15 is 0 Å². The third-order valence-electron chi connectivity index (χ3n) is 2.41. The molecule has 0 amide bonds. The van der Waals surface area contributed by atoms with Crippen molar-refractivity contribution in [3.8, 4) is 6.01 Å². The molecule has 120 valence electrons. The topological polar surface area (TPSA) is 101 Å². The van der Waals surface area contributed by atoms with Crippen LogP contribution in [-0.2, 0) is 4.74 Å². The van der Waals surface area contributed by atoms with E-state index in [0.29, 0.717) is 18.5 Å². The summed E-state index contributed by atoms with van der Waals surface area (Å²) in [7, 11) is 1.57. The van der Waals surface area contributed by atoms with Crippen LogP contribution >= 0.6 is 0 Å². The van der Waals surface area contributed by atoms with Crippen LogP contribution in [0, 0.1) is 0 Å². The molecule has 8 nitrogen and oxygen atoms in total. The minimum Gasteiger partial charge on any atom is -0.461 e. The number of aliphatic hydroxyl groups is 1. The van der Waals surface area contributed by atoms with Crippen molar-refractivity contribution in [3.63, 3.8) is 0 Å². The monoisotopic (exact) mass is 299 g/mol. The molecule has 3 N–H and O–H groups in total. The molecular formula is C13H25N5O3. The smallest absolute Gasteiger partial charge is 0.323 e. The number of aliphatic hydroxyl groups excluding tert-OH is 1. The summed E-state index contributed by atoms with van der Waals surface area (Å²) in [5.74, 6) is 0.787. The molecule has 1 aromatic rings. The molecule has 0 radical (unpaired) electrons. The van der Waals surface area contributed by atoms with E-state index in [0.717, 1.165) is 13.0 Å². The first kappa shape index (κ1) is 17.4. The number of nitrogens with zero attached hydrogens (tertiary/aromatic N) is 3. The Morgan fingerprint density at radius 2 is 1.90 bits per heavy atom. The van der Waals surface area contributed by atoms with Gasteiger partial charge in [0.15, 0.2) is 0 Å². The molecule has 0 aliphatic carbocycles. The standard InChI is InChI=1S/C13H25N5O3/c1-5-6-14-11-16-12(15-10(7-19)8-20-4)18-13(17-11)21-9(2)3/h9-10,19H,5-8H2,1-4H3,(H2,14,15,16,17,18). The molecule has 21 heavy (non-hydrogen) atoms. The highest BCUT2D eigenvalue weighted by Crippen LogP contribution is 2.13. The molecular weight excluding hydrogens is 274 g/mol. The molecule has 0 aliphatic heterocycles. The zero-order valence-corrected chi connectivity index (χ0v) is 13.1. The third kappa shape index (κ3) is 6.54. The molecule has 1 unspecified atom stereocenters. The van der Waals surface area contributed by atoms with E-state index in [1.807, 2.05) is 13.8 Å². The van der Waals surface area contributed by atoms with Gasteiger partial charge in [-0.1, -0.05) is 6.92 Å². The minimum atomic E-state index is -0.289. The first-order chi connectivity index (χ1) is 10.1. The fourth-order valence-electron chi connectivity index (χ4n) is 1.52. The highest BCUT2D eigenvalue weighted by molar-refractivity contribution is 5.36. The van der Waals surface area contributed by atoms with Gasteiger partial charge in [0.2, 0.25) is 11.9 Å². The predicted molar refractivity (Wildman–Crippen MR) is 80.7 cm³/mol. The second kappa shape index (κ2) is 9.30. The van der Waals surface area contributed by atoms with E-state index in [2.05, 4.69) is 32.5 Å². The normalized spacial score (nSPS) is 12.3. The summed E-state index contributed by atoms with van der Waals surface area (Å²) < 4.78 is 10.5. The molecule has 8 heteroatoms. The highest BCUT2D eigenvalue weighted by atomic mass is 16.5. The van der Waals surface area contributed by atoms with Gasteiger partial charge in [-0.05, 0) is 20.3 Å². The summed E-state index contributed by atoms with van der Waals surface area (Å²) in [6, 6.07) is -0.0430. The Bertz CT molecular complexity index is 417. The summed E-state index contributed by atoms with van der Waals surface area (Å²) in [6.07, 6.45) is 0.921. The second-order valence-electron chi connectivity index (χ2n) is 4.84. The number of nitrogens with one attached hydrogen (secondary N) is 2. The van der Waals surface area contributed by atoms with Gasteiger partial charge < -0.3 is 25.2 Å². The number of hydrogen-bond acceptors (Lipinski definition) is 8. The largest absolute Gasteiger partial charge is 0.461 e. The maximum Gasteiger partial charge on any atom is 0.323 e. The summed E-state index contributed by atoms with van der Waals surface area (Å²) in [5, 5.41) is 15.4. The number of hydrogen-bond donors (Lipinski definition) is 3.